The van der Waals surface area contributed by atoms with Crippen LogP contribution in [-0.4, -0.2) is 93.7 Å². The van der Waals surface area contributed by atoms with Crippen molar-refractivity contribution in [3.8, 4) is 11.4 Å². The molecule has 0 aliphatic carbocycles. The van der Waals surface area contributed by atoms with E-state index in [2.05, 4.69) is 29.2 Å². The number of benzene rings is 3. The van der Waals surface area contributed by atoms with Crippen LogP contribution < -0.4 is 20.2 Å². The lowest BCUT2D eigenvalue weighted by Crippen LogP contribution is -2.46. The molecule has 286 valence electrons. The predicted octanol–water partition coefficient (Wildman–Crippen LogP) is 4.38. The Kier molecular flexibility index (Phi) is 11.0. The van der Waals surface area contributed by atoms with Crippen molar-refractivity contribution in [2.75, 3.05) is 49.2 Å². The number of ether oxygens (including phenoxy) is 3. The number of aromatic nitrogens is 6. The second-order valence-electron chi connectivity index (χ2n) is 13.0. The monoisotopic (exact) mass is 800 g/mol. The third-order valence-corrected chi connectivity index (χ3v) is 10.6. The molecule has 19 heteroatoms. The van der Waals surface area contributed by atoms with Crippen LogP contribution in [-0.2, 0) is 36.4 Å². The van der Waals surface area contributed by atoms with Gasteiger partial charge in [-0.3, -0.25) is 4.55 Å². The van der Waals surface area contributed by atoms with Crippen molar-refractivity contribution in [1.82, 2.24) is 29.1 Å². The molecule has 5 aromatic rings. The molecule has 16 nitrogen and oxygen atoms in total. The highest BCUT2D eigenvalue weighted by molar-refractivity contribution is 7.80. The number of piperazine rings is 1. The molecule has 54 heavy (non-hydrogen) atoms. The maximum atomic E-state index is 13.0. The zero-order valence-corrected chi connectivity index (χ0v) is 31.6. The summed E-state index contributed by atoms with van der Waals surface area (Å²) in [4.78, 5) is 21.7. The van der Waals surface area contributed by atoms with E-state index in [-0.39, 0.29) is 19.3 Å². The van der Waals surface area contributed by atoms with Gasteiger partial charge in [0.2, 0.25) is 5.79 Å². The molecule has 4 heterocycles. The maximum absolute atomic E-state index is 13.0. The quantitative estimate of drug-likeness (QED) is 0.167. The molecule has 0 amide bonds. The van der Waals surface area contributed by atoms with Gasteiger partial charge in [-0.05, 0) is 74.5 Å². The Bertz CT molecular complexity index is 2210. The van der Waals surface area contributed by atoms with Crippen molar-refractivity contribution in [3.63, 3.8) is 0 Å². The molecule has 2 aromatic heterocycles. The van der Waals surface area contributed by atoms with Gasteiger partial charge in [-0.15, -0.1) is 0 Å². The largest absolute Gasteiger partial charge is 0.491 e. The molecule has 1 N–H and O–H groups in total. The van der Waals surface area contributed by atoms with Crippen LogP contribution in [0.15, 0.2) is 90.5 Å². The third kappa shape index (κ3) is 8.42. The fourth-order valence-corrected chi connectivity index (χ4v) is 7.61. The van der Waals surface area contributed by atoms with Gasteiger partial charge < -0.3 is 24.0 Å². The van der Waals surface area contributed by atoms with Crippen LogP contribution in [0.1, 0.15) is 25.5 Å². The van der Waals surface area contributed by atoms with E-state index >= 15 is 0 Å². The summed E-state index contributed by atoms with van der Waals surface area (Å²) in [5.41, 5.74) is 2.89. The van der Waals surface area contributed by atoms with Crippen LogP contribution in [0.3, 0.4) is 0 Å². The molecule has 0 bridgehead atoms. The number of hydrogen-bond donors (Lipinski definition) is 1. The van der Waals surface area contributed by atoms with Crippen molar-refractivity contribution in [2.45, 2.75) is 44.4 Å². The van der Waals surface area contributed by atoms with Crippen LogP contribution in [0.4, 0.5) is 11.4 Å². The minimum Gasteiger partial charge on any atom is -0.491 e. The van der Waals surface area contributed by atoms with E-state index in [0.717, 1.165) is 42.2 Å². The highest BCUT2D eigenvalue weighted by Gasteiger charge is 2.45. The summed E-state index contributed by atoms with van der Waals surface area (Å²) < 4.78 is 58.7. The van der Waals surface area contributed by atoms with Crippen LogP contribution >= 0.6 is 23.2 Å². The van der Waals surface area contributed by atoms with E-state index in [4.69, 9.17) is 42.0 Å². The smallest absolute Gasteiger partial charge is 0.397 e. The van der Waals surface area contributed by atoms with Gasteiger partial charge in [0.05, 0.1) is 29.5 Å². The summed E-state index contributed by atoms with van der Waals surface area (Å²) >= 11 is 12.7. The summed E-state index contributed by atoms with van der Waals surface area (Å²) in [5.74, 6) is -0.480. The van der Waals surface area contributed by atoms with Crippen molar-refractivity contribution in [3.05, 3.63) is 112 Å². The van der Waals surface area contributed by atoms with Gasteiger partial charge in [-0.25, -0.2) is 27.9 Å². The van der Waals surface area contributed by atoms with Crippen LogP contribution in [0.5, 0.6) is 5.75 Å². The summed E-state index contributed by atoms with van der Waals surface area (Å²) in [6, 6.07) is 20.0. The van der Waals surface area contributed by atoms with E-state index in [1.165, 1.54) is 24.1 Å². The van der Waals surface area contributed by atoms with Crippen molar-refractivity contribution < 1.29 is 31.4 Å². The number of rotatable bonds is 13. The maximum Gasteiger partial charge on any atom is 0.397 e. The summed E-state index contributed by atoms with van der Waals surface area (Å²) in [6.45, 7) is 7.02. The highest BCUT2D eigenvalue weighted by atomic mass is 35.5. The molecule has 2 aliphatic rings. The van der Waals surface area contributed by atoms with Gasteiger partial charge in [0.25, 0.3) is 0 Å². The van der Waals surface area contributed by atoms with Gasteiger partial charge >= 0.3 is 16.1 Å². The van der Waals surface area contributed by atoms with Crippen LogP contribution in [0.25, 0.3) is 5.69 Å². The van der Waals surface area contributed by atoms with Crippen LogP contribution in [0, 0.1) is 0 Å². The van der Waals surface area contributed by atoms with E-state index < -0.39 is 34.0 Å². The standard InChI is InChI=1S/C35H38Cl2N8O8S/c1-24(25(2)53-54(47,48)49)45-34(46)44(23-40-45)29-6-4-27(5-7-29)41-13-15-42(16-14-41)28-8-10-30(11-9-28)50-18-31-19-51-35(52-31,20-43-22-38-21-39-43)32-12-3-26(36)17-33(32)37/h3-12,17,21-25,31H,13-16,18-20H2,1-2H3,(H,47,48,49)/t24-,25-,31+,35+/m1/s1. The van der Waals surface area contributed by atoms with Crippen molar-refractivity contribution in [1.29, 1.82) is 0 Å². The van der Waals surface area contributed by atoms with Crippen LogP contribution in [0.2, 0.25) is 10.0 Å². The zero-order chi connectivity index (χ0) is 38.0. The normalized spacial score (nSPS) is 20.3. The lowest BCUT2D eigenvalue weighted by molar-refractivity contribution is -0.190. The topological polar surface area (TPSA) is 168 Å². The lowest BCUT2D eigenvalue weighted by Gasteiger charge is -2.37. The third-order valence-electron chi connectivity index (χ3n) is 9.48. The van der Waals surface area contributed by atoms with Gasteiger partial charge in [-0.2, -0.15) is 18.6 Å². The first-order chi connectivity index (χ1) is 25.9. The molecular weight excluding hydrogens is 763 g/mol. The molecular formula is C35H38Cl2N8O8S. The molecule has 4 atom stereocenters. The zero-order valence-electron chi connectivity index (χ0n) is 29.3. The summed E-state index contributed by atoms with van der Waals surface area (Å²) in [5, 5.41) is 9.28. The van der Waals surface area contributed by atoms with Crippen molar-refractivity contribution in [2.24, 2.45) is 0 Å². The minimum absolute atomic E-state index is 0.243. The first kappa shape index (κ1) is 37.8. The Morgan fingerprint density at radius 2 is 1.57 bits per heavy atom. The number of anilines is 2. The Morgan fingerprint density at radius 3 is 2.19 bits per heavy atom. The van der Waals surface area contributed by atoms with Gasteiger partial charge in [0, 0.05) is 48.1 Å². The molecule has 0 radical (unpaired) electrons. The van der Waals surface area contributed by atoms with Gasteiger partial charge in [0.1, 0.15) is 44.0 Å². The molecule has 7 rings (SSSR count). The van der Waals surface area contributed by atoms with Gasteiger partial charge in [-0.1, -0.05) is 29.3 Å². The SMILES string of the molecule is C[C@H]([C@@H](C)OS(=O)(=O)O)n1ncn(-c2ccc(N3CCN(c4ccc(OC[C@H]5CO[C@](Cn6cncn6)(c6ccc(Cl)cc6Cl)O5)cc4)CC3)cc2)c1=O. The van der Waals surface area contributed by atoms with E-state index in [9.17, 15) is 13.2 Å². The van der Waals surface area contributed by atoms with E-state index in [0.29, 0.717) is 33.7 Å². The molecule has 2 fully saturated rings. The fourth-order valence-electron chi connectivity index (χ4n) is 6.52. The fraction of sp³-hybridized carbons (Fsp3) is 0.371. The van der Waals surface area contributed by atoms with E-state index in [1.54, 1.807) is 36.1 Å². The average Bonchev–Trinajstić information content (AvgIpc) is 3.91. The number of hydrogen-bond acceptors (Lipinski definition) is 12. The molecule has 0 spiro atoms. The Labute approximate surface area is 321 Å². The Hall–Kier alpha value is -4.49. The summed E-state index contributed by atoms with van der Waals surface area (Å²) in [7, 11) is -4.67. The molecule has 0 saturated carbocycles. The van der Waals surface area contributed by atoms with Crippen molar-refractivity contribution >= 4 is 45.0 Å². The second-order valence-corrected chi connectivity index (χ2v) is 14.9. The molecule has 0 unspecified atom stereocenters. The molecule has 2 aliphatic heterocycles. The summed E-state index contributed by atoms with van der Waals surface area (Å²) in [6.07, 6.45) is 3.03. The first-order valence-electron chi connectivity index (χ1n) is 17.1. The average molecular weight is 802 g/mol. The molecule has 3 aromatic carbocycles. The lowest BCUT2D eigenvalue weighted by atomic mass is 10.1. The Balaban J connectivity index is 0.914. The molecule has 2 saturated heterocycles. The number of nitrogens with zero attached hydrogens (tertiary/aromatic N) is 8. The first-order valence-corrected chi connectivity index (χ1v) is 19.2. The minimum atomic E-state index is -4.67. The van der Waals surface area contributed by atoms with Gasteiger partial charge in [0.15, 0.2) is 0 Å². The van der Waals surface area contributed by atoms with E-state index in [1.807, 2.05) is 48.5 Å². The predicted molar refractivity (Wildman–Crippen MR) is 200 cm³/mol. The number of halogens is 2. The highest BCUT2D eigenvalue weighted by Crippen LogP contribution is 2.40. The second kappa shape index (κ2) is 15.7. The Morgan fingerprint density at radius 1 is 0.926 bits per heavy atom.